The molecular weight excluding hydrogens is 168 g/mol. The third-order valence-corrected chi connectivity index (χ3v) is 1.50. The maximum Gasteiger partial charge on any atom is 0.384 e. The van der Waals surface area contributed by atoms with Crippen molar-refractivity contribution in [3.63, 3.8) is 0 Å². The lowest BCUT2D eigenvalue weighted by Crippen LogP contribution is -1.94. The third kappa shape index (κ3) is 2.34. The van der Waals surface area contributed by atoms with Crippen LogP contribution in [0.4, 0.5) is 0 Å². The molecule has 0 N–H and O–H groups in total. The van der Waals surface area contributed by atoms with E-state index in [1.54, 1.807) is 17.9 Å². The number of hydrogen-bond donors (Lipinski definition) is 0. The van der Waals surface area contributed by atoms with Crippen LogP contribution in [0, 0.1) is 18.8 Å². The van der Waals surface area contributed by atoms with E-state index >= 15 is 0 Å². The summed E-state index contributed by atoms with van der Waals surface area (Å²) in [6, 6.07) is 0. The predicted molar refractivity (Wildman–Crippen MR) is 46.8 cm³/mol. The minimum absolute atomic E-state index is 0.539. The fourth-order valence-electron chi connectivity index (χ4n) is 0.892. The Bertz CT molecular complexity index is 382. The van der Waals surface area contributed by atoms with Crippen LogP contribution in [0.3, 0.4) is 0 Å². The highest BCUT2D eigenvalue weighted by Gasteiger charge is 1.99. The zero-order valence-electron chi connectivity index (χ0n) is 7.79. The number of esters is 1. The Hall–Kier alpha value is -1.76. The number of hydrogen-bond acceptors (Lipinski definition) is 3. The average Bonchev–Trinajstić information content (AvgIpc) is 2.41. The summed E-state index contributed by atoms with van der Waals surface area (Å²) in [4.78, 5) is 10.7. The maximum atomic E-state index is 10.7. The zero-order valence-corrected chi connectivity index (χ0v) is 7.79. The summed E-state index contributed by atoms with van der Waals surface area (Å²) in [7, 11) is 3.10. The van der Waals surface area contributed by atoms with Crippen molar-refractivity contribution in [2.75, 3.05) is 7.11 Å². The molecule has 4 heteroatoms. The molecule has 0 aliphatic rings. The van der Waals surface area contributed by atoms with Crippen LogP contribution in [0.1, 0.15) is 11.3 Å². The lowest BCUT2D eigenvalue weighted by atomic mass is 10.3. The topological polar surface area (TPSA) is 44.1 Å². The lowest BCUT2D eigenvalue weighted by molar-refractivity contribution is -0.133. The largest absolute Gasteiger partial charge is 0.459 e. The van der Waals surface area contributed by atoms with Crippen LogP contribution >= 0.6 is 0 Å². The molecule has 1 rings (SSSR count). The Morgan fingerprint density at radius 2 is 2.38 bits per heavy atom. The first kappa shape index (κ1) is 9.33. The Morgan fingerprint density at radius 3 is 2.85 bits per heavy atom. The van der Waals surface area contributed by atoms with Gasteiger partial charge in [-0.25, -0.2) is 4.79 Å². The van der Waals surface area contributed by atoms with E-state index in [9.17, 15) is 4.79 Å². The van der Waals surface area contributed by atoms with Gasteiger partial charge in [0.2, 0.25) is 0 Å². The van der Waals surface area contributed by atoms with Crippen molar-refractivity contribution in [1.29, 1.82) is 0 Å². The van der Waals surface area contributed by atoms with Crippen LogP contribution in [0.25, 0.3) is 0 Å². The molecule has 68 valence electrons. The molecule has 1 heterocycles. The molecule has 0 saturated carbocycles. The minimum Gasteiger partial charge on any atom is -0.459 e. The molecular formula is C9H10N2O2. The third-order valence-electron chi connectivity index (χ3n) is 1.50. The van der Waals surface area contributed by atoms with Crippen LogP contribution in [0.15, 0.2) is 6.20 Å². The molecule has 0 aromatic carbocycles. The molecule has 13 heavy (non-hydrogen) atoms. The fraction of sp³-hybridized carbons (Fsp3) is 0.333. The van der Waals surface area contributed by atoms with Crippen molar-refractivity contribution < 1.29 is 9.53 Å². The molecule has 0 unspecified atom stereocenters. The van der Waals surface area contributed by atoms with Crippen LogP contribution in [0.5, 0.6) is 0 Å². The van der Waals surface area contributed by atoms with Crippen LogP contribution in [-0.4, -0.2) is 22.9 Å². The van der Waals surface area contributed by atoms with Gasteiger partial charge in [0.1, 0.15) is 0 Å². The molecule has 1 aromatic heterocycles. The van der Waals surface area contributed by atoms with Crippen molar-refractivity contribution in [3.05, 3.63) is 17.5 Å². The molecule has 0 amide bonds. The normalized spacial score (nSPS) is 8.85. The number of nitrogens with zero attached hydrogens (tertiary/aromatic N) is 2. The minimum atomic E-state index is -0.539. The van der Waals surface area contributed by atoms with E-state index in [-0.39, 0.29) is 0 Å². The Morgan fingerprint density at radius 1 is 1.69 bits per heavy atom. The zero-order chi connectivity index (χ0) is 9.84. The van der Waals surface area contributed by atoms with Gasteiger partial charge in [-0.2, -0.15) is 5.10 Å². The van der Waals surface area contributed by atoms with E-state index in [2.05, 4.69) is 21.7 Å². The summed E-state index contributed by atoms with van der Waals surface area (Å²) in [5.74, 6) is 4.48. The fourth-order valence-corrected chi connectivity index (χ4v) is 0.892. The van der Waals surface area contributed by atoms with Gasteiger partial charge >= 0.3 is 5.97 Å². The monoisotopic (exact) mass is 178 g/mol. The smallest absolute Gasteiger partial charge is 0.384 e. The molecule has 0 bridgehead atoms. The van der Waals surface area contributed by atoms with E-state index < -0.39 is 5.97 Å². The SMILES string of the molecule is COC(=O)C#Cc1cn(C)nc1C. The Labute approximate surface area is 76.5 Å². The molecule has 0 saturated heterocycles. The standard InChI is InChI=1S/C9H10N2O2/c1-7-8(6-11(2)10-7)4-5-9(12)13-3/h6H,1-3H3. The molecule has 1 aromatic rings. The number of carbonyl (C=O) groups excluding carboxylic acids is 1. The number of carbonyl (C=O) groups is 1. The van der Waals surface area contributed by atoms with Crippen molar-refractivity contribution >= 4 is 5.97 Å². The highest BCUT2D eigenvalue weighted by molar-refractivity contribution is 5.89. The maximum absolute atomic E-state index is 10.7. The summed E-state index contributed by atoms with van der Waals surface area (Å²) in [5, 5.41) is 4.08. The van der Waals surface area contributed by atoms with Crippen molar-refractivity contribution in [2.45, 2.75) is 6.92 Å². The second kappa shape index (κ2) is 3.76. The van der Waals surface area contributed by atoms with Gasteiger partial charge < -0.3 is 4.74 Å². The first-order valence-corrected chi connectivity index (χ1v) is 3.73. The number of aryl methyl sites for hydroxylation is 2. The van der Waals surface area contributed by atoms with Crippen molar-refractivity contribution in [1.82, 2.24) is 9.78 Å². The number of rotatable bonds is 0. The molecule has 4 nitrogen and oxygen atoms in total. The van der Waals surface area contributed by atoms with Crippen molar-refractivity contribution in [3.8, 4) is 11.8 Å². The number of aromatic nitrogens is 2. The summed E-state index contributed by atoms with van der Waals surface area (Å²) >= 11 is 0. The number of ether oxygens (including phenoxy) is 1. The van der Waals surface area contributed by atoms with Gasteiger partial charge in [-0.3, -0.25) is 4.68 Å². The Kier molecular flexibility index (Phi) is 2.70. The van der Waals surface area contributed by atoms with E-state index in [0.29, 0.717) is 0 Å². The number of methoxy groups -OCH3 is 1. The van der Waals surface area contributed by atoms with Gasteiger partial charge in [0.05, 0.1) is 18.4 Å². The second-order valence-corrected chi connectivity index (χ2v) is 2.54. The molecule has 0 aliphatic heterocycles. The first-order valence-electron chi connectivity index (χ1n) is 3.73. The highest BCUT2D eigenvalue weighted by Crippen LogP contribution is 2.01. The summed E-state index contributed by atoms with van der Waals surface area (Å²) in [6.07, 6.45) is 1.76. The van der Waals surface area contributed by atoms with Gasteiger partial charge in [0.25, 0.3) is 0 Å². The average molecular weight is 178 g/mol. The van der Waals surface area contributed by atoms with E-state index in [1.165, 1.54) is 7.11 Å². The Balaban J connectivity index is 2.89. The van der Waals surface area contributed by atoms with Gasteiger partial charge in [-0.1, -0.05) is 5.92 Å². The summed E-state index contributed by atoms with van der Waals surface area (Å²) < 4.78 is 6.03. The second-order valence-electron chi connectivity index (χ2n) is 2.54. The predicted octanol–water partition coefficient (Wildman–Crippen LogP) is 0.253. The quantitative estimate of drug-likeness (QED) is 0.422. The van der Waals surface area contributed by atoms with Gasteiger partial charge in [-0.05, 0) is 6.92 Å². The lowest BCUT2D eigenvalue weighted by Gasteiger charge is -1.84. The first-order chi connectivity index (χ1) is 6.13. The van der Waals surface area contributed by atoms with Gasteiger partial charge in [0.15, 0.2) is 0 Å². The van der Waals surface area contributed by atoms with Gasteiger partial charge in [-0.15, -0.1) is 0 Å². The van der Waals surface area contributed by atoms with Crippen molar-refractivity contribution in [2.24, 2.45) is 7.05 Å². The molecule has 0 aliphatic carbocycles. The summed E-state index contributed by atoms with van der Waals surface area (Å²) in [6.45, 7) is 1.83. The molecule has 0 spiro atoms. The van der Waals surface area contributed by atoms with E-state index in [1.807, 2.05) is 6.92 Å². The van der Waals surface area contributed by atoms with E-state index in [4.69, 9.17) is 0 Å². The van der Waals surface area contributed by atoms with Crippen LogP contribution in [0.2, 0.25) is 0 Å². The molecule has 0 atom stereocenters. The van der Waals surface area contributed by atoms with Gasteiger partial charge in [0, 0.05) is 19.2 Å². The molecule has 0 fully saturated rings. The highest BCUT2D eigenvalue weighted by atomic mass is 16.5. The molecule has 0 radical (unpaired) electrons. The van der Waals surface area contributed by atoms with E-state index in [0.717, 1.165) is 11.3 Å². The van der Waals surface area contributed by atoms with Crippen LogP contribution < -0.4 is 0 Å². The van der Waals surface area contributed by atoms with Crippen LogP contribution in [-0.2, 0) is 16.6 Å². The summed E-state index contributed by atoms with van der Waals surface area (Å²) in [5.41, 5.74) is 1.55.